The van der Waals surface area contributed by atoms with Crippen molar-refractivity contribution in [2.45, 2.75) is 77.7 Å². The summed E-state index contributed by atoms with van der Waals surface area (Å²) < 4.78 is 0. The Morgan fingerprint density at radius 3 is 2.29 bits per heavy atom. The first-order chi connectivity index (χ1) is 8.14. The van der Waals surface area contributed by atoms with Crippen LogP contribution in [0.2, 0.25) is 0 Å². The second-order valence-corrected chi connectivity index (χ2v) is 6.10. The van der Waals surface area contributed by atoms with Gasteiger partial charge < -0.3 is 5.32 Å². The van der Waals surface area contributed by atoms with Crippen LogP contribution in [-0.4, -0.2) is 12.6 Å². The molecule has 1 N–H and O–H groups in total. The van der Waals surface area contributed by atoms with Crippen molar-refractivity contribution in [3.63, 3.8) is 0 Å². The van der Waals surface area contributed by atoms with Gasteiger partial charge in [-0.05, 0) is 46.1 Å². The van der Waals surface area contributed by atoms with E-state index in [2.05, 4.69) is 11.4 Å². The minimum Gasteiger partial charge on any atom is -0.314 e. The molecule has 0 bridgehead atoms. The molecular weight excluding hydrogens is 208 g/mol. The summed E-state index contributed by atoms with van der Waals surface area (Å²) in [5, 5.41) is 12.6. The fourth-order valence-corrected chi connectivity index (χ4v) is 2.55. The molecule has 0 aliphatic heterocycles. The molecule has 0 atom stereocenters. The van der Waals surface area contributed by atoms with Crippen LogP contribution in [0.3, 0.4) is 0 Å². The summed E-state index contributed by atoms with van der Waals surface area (Å²) in [6, 6.07) is 3.11. The zero-order chi connectivity index (χ0) is 12.6. The lowest BCUT2D eigenvalue weighted by Gasteiger charge is -2.22. The molecule has 0 heterocycles. The molecule has 17 heavy (non-hydrogen) atoms. The van der Waals surface area contributed by atoms with Gasteiger partial charge in [0.1, 0.15) is 0 Å². The highest BCUT2D eigenvalue weighted by atomic mass is 14.9. The predicted molar refractivity (Wildman–Crippen MR) is 72.7 cm³/mol. The summed E-state index contributed by atoms with van der Waals surface area (Å²) in [5.74, 6) is 0. The average molecular weight is 236 g/mol. The SMILES string of the molecule is CC(C)(C#N)CCCNC1CCCCCCC1. The summed E-state index contributed by atoms with van der Waals surface area (Å²) in [6.45, 7) is 5.14. The van der Waals surface area contributed by atoms with E-state index in [0.29, 0.717) is 0 Å². The van der Waals surface area contributed by atoms with Crippen LogP contribution in [-0.2, 0) is 0 Å². The minimum absolute atomic E-state index is 0.150. The van der Waals surface area contributed by atoms with Gasteiger partial charge >= 0.3 is 0 Å². The molecule has 1 fully saturated rings. The fraction of sp³-hybridized carbons (Fsp3) is 0.933. The third-order valence-corrected chi connectivity index (χ3v) is 3.82. The normalized spacial score (nSPS) is 19.4. The van der Waals surface area contributed by atoms with Gasteiger partial charge in [0.15, 0.2) is 0 Å². The van der Waals surface area contributed by atoms with Crippen LogP contribution in [0, 0.1) is 16.7 Å². The van der Waals surface area contributed by atoms with Crippen LogP contribution in [0.4, 0.5) is 0 Å². The summed E-state index contributed by atoms with van der Waals surface area (Å²) in [7, 11) is 0. The molecule has 0 aromatic rings. The highest BCUT2D eigenvalue weighted by Crippen LogP contribution is 2.21. The smallest absolute Gasteiger partial charge is 0.0683 e. The van der Waals surface area contributed by atoms with Gasteiger partial charge in [-0.15, -0.1) is 0 Å². The maximum Gasteiger partial charge on any atom is 0.0683 e. The Morgan fingerprint density at radius 1 is 1.12 bits per heavy atom. The third kappa shape index (κ3) is 6.68. The second kappa shape index (κ2) is 7.71. The number of nitrogens with one attached hydrogen (secondary N) is 1. The van der Waals surface area contributed by atoms with E-state index in [4.69, 9.17) is 5.26 Å². The second-order valence-electron chi connectivity index (χ2n) is 6.10. The molecule has 1 aliphatic rings. The first-order valence-corrected chi connectivity index (χ1v) is 7.29. The van der Waals surface area contributed by atoms with Gasteiger partial charge in [-0.2, -0.15) is 5.26 Å². The lowest BCUT2D eigenvalue weighted by atomic mass is 9.89. The minimum atomic E-state index is -0.150. The molecule has 2 nitrogen and oxygen atoms in total. The first-order valence-electron chi connectivity index (χ1n) is 7.29. The van der Waals surface area contributed by atoms with Gasteiger partial charge in [0, 0.05) is 6.04 Å². The number of rotatable bonds is 5. The molecule has 0 spiro atoms. The Labute approximate surface area is 107 Å². The van der Waals surface area contributed by atoms with Crippen LogP contribution in [0.5, 0.6) is 0 Å². The summed E-state index contributed by atoms with van der Waals surface area (Å²) >= 11 is 0. The maximum atomic E-state index is 8.94. The molecule has 0 radical (unpaired) electrons. The Balaban J connectivity index is 2.10. The number of nitrogens with zero attached hydrogens (tertiary/aromatic N) is 1. The third-order valence-electron chi connectivity index (χ3n) is 3.82. The molecule has 1 aliphatic carbocycles. The Kier molecular flexibility index (Phi) is 6.58. The Bertz CT molecular complexity index is 232. The van der Waals surface area contributed by atoms with Crippen molar-refractivity contribution in [3.8, 4) is 6.07 Å². The van der Waals surface area contributed by atoms with Crippen LogP contribution in [0.25, 0.3) is 0 Å². The van der Waals surface area contributed by atoms with Gasteiger partial charge in [-0.3, -0.25) is 0 Å². The number of hydrogen-bond donors (Lipinski definition) is 1. The van der Waals surface area contributed by atoms with E-state index >= 15 is 0 Å². The van der Waals surface area contributed by atoms with Crippen molar-refractivity contribution < 1.29 is 0 Å². The monoisotopic (exact) mass is 236 g/mol. The van der Waals surface area contributed by atoms with Gasteiger partial charge in [-0.1, -0.05) is 32.1 Å². The highest BCUT2D eigenvalue weighted by Gasteiger charge is 2.16. The van der Waals surface area contributed by atoms with E-state index in [1.54, 1.807) is 0 Å². The fourth-order valence-electron chi connectivity index (χ4n) is 2.55. The van der Waals surface area contributed by atoms with Gasteiger partial charge in [-0.25, -0.2) is 0 Å². The van der Waals surface area contributed by atoms with E-state index < -0.39 is 0 Å². The van der Waals surface area contributed by atoms with Crippen molar-refractivity contribution in [3.05, 3.63) is 0 Å². The van der Waals surface area contributed by atoms with Gasteiger partial charge in [0.05, 0.1) is 11.5 Å². The average Bonchev–Trinajstić information content (AvgIpc) is 2.26. The molecule has 0 aromatic carbocycles. The van der Waals surface area contributed by atoms with Crippen molar-refractivity contribution in [1.29, 1.82) is 5.26 Å². The summed E-state index contributed by atoms with van der Waals surface area (Å²) in [5.41, 5.74) is -0.150. The molecular formula is C15H28N2. The van der Waals surface area contributed by atoms with E-state index in [1.165, 1.54) is 44.9 Å². The summed E-state index contributed by atoms with van der Waals surface area (Å²) in [6.07, 6.45) is 11.9. The Morgan fingerprint density at radius 2 is 1.71 bits per heavy atom. The molecule has 0 saturated heterocycles. The molecule has 0 unspecified atom stereocenters. The lowest BCUT2D eigenvalue weighted by molar-refractivity contribution is 0.368. The van der Waals surface area contributed by atoms with E-state index in [-0.39, 0.29) is 5.41 Å². The molecule has 98 valence electrons. The van der Waals surface area contributed by atoms with Crippen molar-refractivity contribution in [2.24, 2.45) is 5.41 Å². The highest BCUT2D eigenvalue weighted by molar-refractivity contribution is 4.91. The lowest BCUT2D eigenvalue weighted by Crippen LogP contribution is -2.31. The maximum absolute atomic E-state index is 8.94. The van der Waals surface area contributed by atoms with E-state index in [0.717, 1.165) is 25.4 Å². The standard InChI is InChI=1S/C15H28N2/c1-15(2,13-16)11-8-12-17-14-9-6-4-3-5-7-10-14/h14,17H,3-12H2,1-2H3. The molecule has 1 rings (SSSR count). The number of hydrogen-bond acceptors (Lipinski definition) is 2. The van der Waals surface area contributed by atoms with E-state index in [1.807, 2.05) is 13.8 Å². The molecule has 0 amide bonds. The van der Waals surface area contributed by atoms with Crippen molar-refractivity contribution in [2.75, 3.05) is 6.54 Å². The quantitative estimate of drug-likeness (QED) is 0.732. The van der Waals surface area contributed by atoms with Crippen LogP contribution in [0.1, 0.15) is 71.6 Å². The van der Waals surface area contributed by atoms with Gasteiger partial charge in [0.25, 0.3) is 0 Å². The first kappa shape index (κ1) is 14.5. The van der Waals surface area contributed by atoms with Crippen LogP contribution in [0.15, 0.2) is 0 Å². The zero-order valence-corrected chi connectivity index (χ0v) is 11.6. The topological polar surface area (TPSA) is 35.8 Å². The number of nitriles is 1. The molecule has 0 aromatic heterocycles. The largest absolute Gasteiger partial charge is 0.314 e. The van der Waals surface area contributed by atoms with Crippen molar-refractivity contribution >= 4 is 0 Å². The molecule has 1 saturated carbocycles. The van der Waals surface area contributed by atoms with E-state index in [9.17, 15) is 0 Å². The Hall–Kier alpha value is -0.550. The van der Waals surface area contributed by atoms with Gasteiger partial charge in [0.2, 0.25) is 0 Å². The van der Waals surface area contributed by atoms with Crippen LogP contribution < -0.4 is 5.32 Å². The van der Waals surface area contributed by atoms with Crippen molar-refractivity contribution in [1.82, 2.24) is 5.32 Å². The molecule has 2 heteroatoms. The predicted octanol–water partition coefficient (Wildman–Crippen LogP) is 4.02. The van der Waals surface area contributed by atoms with Crippen LogP contribution >= 0.6 is 0 Å². The summed E-state index contributed by atoms with van der Waals surface area (Å²) in [4.78, 5) is 0. The zero-order valence-electron chi connectivity index (χ0n) is 11.6.